The third kappa shape index (κ3) is 24.5. The summed E-state index contributed by atoms with van der Waals surface area (Å²) < 4.78 is 174. The van der Waals surface area contributed by atoms with Crippen LogP contribution in [0.1, 0.15) is 150 Å². The summed E-state index contributed by atoms with van der Waals surface area (Å²) in [7, 11) is -24.0. The fourth-order valence-electron chi connectivity index (χ4n) is 12.0. The summed E-state index contributed by atoms with van der Waals surface area (Å²) in [6, 6.07) is 46.2. The highest BCUT2D eigenvalue weighted by atomic mass is 31.2. The van der Waals surface area contributed by atoms with E-state index in [1.807, 2.05) is 146 Å². The number of fused-ring (bicyclic) bond motifs is 12. The predicted octanol–water partition coefficient (Wildman–Crippen LogP) is 19.1. The molecule has 1 heterocycles. The summed E-state index contributed by atoms with van der Waals surface area (Å²) in [6.07, 6.45) is 0. The van der Waals surface area contributed by atoms with Crippen LogP contribution in [0.15, 0.2) is 146 Å². The molecule has 7 rings (SSSR count). The van der Waals surface area contributed by atoms with E-state index in [4.69, 9.17) is 54.3 Å². The van der Waals surface area contributed by atoms with Gasteiger partial charge in [0, 0.05) is 78.5 Å². The molecule has 1 aliphatic rings. The second-order valence-corrected chi connectivity index (χ2v) is 35.8. The Balaban J connectivity index is 1.41. The second-order valence-electron chi connectivity index (χ2n) is 23.7. The summed E-state index contributed by atoms with van der Waals surface area (Å²) in [4.78, 5) is 0. The van der Waals surface area contributed by atoms with Gasteiger partial charge in [-0.25, -0.2) is 27.4 Å². The quantitative estimate of drug-likeness (QED) is 0.0381. The largest absolute Gasteiger partial charge is 0.408 e. The fourth-order valence-corrected chi connectivity index (χ4v) is 22.4. The van der Waals surface area contributed by atoms with E-state index in [0.717, 1.165) is 66.8 Å². The van der Waals surface area contributed by atoms with Crippen molar-refractivity contribution >= 4 is 46.5 Å². The topological polar surface area (TPSA) is 233 Å². The zero-order chi connectivity index (χ0) is 73.8. The Morgan fingerprint density at radius 3 is 0.363 bits per heavy atom. The van der Waals surface area contributed by atoms with Gasteiger partial charge in [-0.05, 0) is 150 Å². The van der Waals surface area contributed by atoms with Crippen LogP contribution in [-0.4, -0.2) is 107 Å². The van der Waals surface area contributed by atoms with Crippen LogP contribution in [0.4, 0.5) is 0 Å². The first-order valence-corrected chi connectivity index (χ1v) is 44.4. The Morgan fingerprint density at radius 1 is 0.196 bits per heavy atom. The molecule has 0 N–H and O–H groups in total. The Bertz CT molecular complexity index is 3060. The average Bonchev–Trinajstić information content (AvgIpc) is 0.815. The Hall–Kier alpha value is -4.02. The molecule has 1 aliphatic heterocycles. The molecule has 0 spiro atoms. The van der Waals surface area contributed by atoms with Crippen LogP contribution in [-0.2, 0) is 160 Å². The maximum absolute atomic E-state index is 15.2. The zero-order valence-corrected chi connectivity index (χ0v) is 66.9. The zero-order valence-electron chi connectivity index (χ0n) is 61.5. The van der Waals surface area contributed by atoms with E-state index in [1.54, 1.807) is 111 Å². The van der Waals surface area contributed by atoms with E-state index >= 15 is 27.4 Å². The molecule has 24 nitrogen and oxygen atoms in total. The molecule has 12 bridgehead atoms. The van der Waals surface area contributed by atoms with Gasteiger partial charge in [-0.1, -0.05) is 146 Å². The van der Waals surface area contributed by atoms with Crippen molar-refractivity contribution in [2.45, 2.75) is 162 Å². The van der Waals surface area contributed by atoms with E-state index in [0.29, 0.717) is 0 Å². The van der Waals surface area contributed by atoms with Crippen LogP contribution in [0.3, 0.4) is 0 Å². The Labute approximate surface area is 606 Å². The molecule has 30 heteroatoms. The number of nitrogens with zero attached hydrogens (tertiary/aromatic N) is 6. The van der Waals surface area contributed by atoms with Crippen LogP contribution < -0.4 is 0 Å². The molecule has 0 aromatic heterocycles. The van der Waals surface area contributed by atoms with Crippen molar-refractivity contribution in [3.8, 4) is 0 Å². The number of benzene rings is 6. The molecular formula is C72H108N6O18P6. The van der Waals surface area contributed by atoms with Gasteiger partial charge in [-0.3, -0.25) is 54.3 Å². The van der Waals surface area contributed by atoms with Gasteiger partial charge in [0.25, 0.3) is 0 Å². The molecule has 0 radical (unpaired) electrons. The SMILES string of the molecule is CCOP(=O)(OCC)N1Cc2cccc(c2)CN(P(=O)(OCC)OCC)Cc2cccc(c2)CN(P(=O)(OCC)OCC)Cc2cccc(c2)CN(P(=O)(OCC)OCC)Cc2cccc(c2)CN(P(=O)(OCC)OCC)Cc2cccc(c2)CN(P(=O)(OCC)OCC)Cc2cccc(c2)C1. The summed E-state index contributed by atoms with van der Waals surface area (Å²) >= 11 is 0. The highest BCUT2D eigenvalue weighted by Crippen LogP contribution is 2.59. The predicted molar refractivity (Wildman–Crippen MR) is 399 cm³/mol. The lowest BCUT2D eigenvalue weighted by molar-refractivity contribution is 0.160. The monoisotopic (exact) mass is 1530 g/mol. The van der Waals surface area contributed by atoms with Crippen LogP contribution in [0.2, 0.25) is 0 Å². The molecule has 6 aromatic rings. The molecule has 0 fully saturated rings. The maximum Gasteiger partial charge on any atom is 0.408 e. The summed E-state index contributed by atoms with van der Waals surface area (Å²) in [6.45, 7) is 23.5. The lowest BCUT2D eigenvalue weighted by Gasteiger charge is -2.32. The van der Waals surface area contributed by atoms with Crippen LogP contribution >= 0.6 is 46.5 Å². The standard InChI is InChI=1S/C72H108N6O18P6/c1-13-85-97(79,86-14-2)73-49-61-31-25-33-63(43-61)51-74(98(80,87-15-3)88-16-4)53-65-35-27-37-67(45-65)55-76(100(82,91-19-7)92-20-8)57-69-39-29-41-71(47-69)59-78(102(84,95-23-11)96-24-12)60-72-42-30-40-70(48-72)58-77(101(83,93-21-9)94-22-10)56-68-38-28-36-66(46-68)54-75(99(81,89-17-5)90-18-6)52-64-34-26-32-62(44-64)50-73/h25-48H,13-24,49-60H2,1-12H3. The van der Waals surface area contributed by atoms with E-state index in [2.05, 4.69) is 0 Å². The van der Waals surface area contributed by atoms with Gasteiger partial charge in [0.05, 0.1) is 79.3 Å². The number of hydrogen-bond acceptors (Lipinski definition) is 18. The molecule has 0 amide bonds. The molecule has 0 atom stereocenters. The van der Waals surface area contributed by atoms with Gasteiger partial charge in [0.2, 0.25) is 0 Å². The van der Waals surface area contributed by atoms with Crippen molar-refractivity contribution < 1.29 is 81.7 Å². The van der Waals surface area contributed by atoms with Crippen molar-refractivity contribution in [1.82, 2.24) is 28.0 Å². The smallest absolute Gasteiger partial charge is 0.297 e. The lowest BCUT2D eigenvalue weighted by atomic mass is 10.1. The molecular weight excluding hydrogens is 1420 g/mol. The van der Waals surface area contributed by atoms with Crippen LogP contribution in [0, 0.1) is 0 Å². The molecule has 102 heavy (non-hydrogen) atoms. The summed E-state index contributed by atoms with van der Waals surface area (Å²) in [5.41, 5.74) is 9.02. The Kier molecular flexibility index (Phi) is 35.0. The van der Waals surface area contributed by atoms with E-state index < -0.39 is 46.5 Å². The van der Waals surface area contributed by atoms with Gasteiger partial charge >= 0.3 is 46.5 Å². The third-order valence-electron chi connectivity index (χ3n) is 15.9. The minimum atomic E-state index is -4.00. The number of hydrogen-bond donors (Lipinski definition) is 0. The van der Waals surface area contributed by atoms with Crippen molar-refractivity contribution in [2.75, 3.05) is 79.3 Å². The first-order valence-electron chi connectivity index (χ1n) is 35.4. The summed E-state index contributed by atoms with van der Waals surface area (Å²) in [5, 5.41) is 0. The lowest BCUT2D eigenvalue weighted by Crippen LogP contribution is -2.25. The molecule has 6 aromatic carbocycles. The van der Waals surface area contributed by atoms with E-state index in [-0.39, 0.29) is 158 Å². The summed E-state index contributed by atoms with van der Waals surface area (Å²) in [5.74, 6) is 0. The fraction of sp³-hybridized carbons (Fsp3) is 0.500. The first-order chi connectivity index (χ1) is 49.1. The van der Waals surface area contributed by atoms with Gasteiger partial charge in [-0.2, -0.15) is 28.0 Å². The molecule has 0 unspecified atom stereocenters. The van der Waals surface area contributed by atoms with Crippen LogP contribution in [0.25, 0.3) is 0 Å². The normalized spacial score (nSPS) is 16.1. The first kappa shape index (κ1) is 85.2. The minimum Gasteiger partial charge on any atom is -0.297 e. The number of rotatable bonds is 30. The minimum absolute atomic E-state index is 0.0963. The van der Waals surface area contributed by atoms with Crippen molar-refractivity contribution in [3.05, 3.63) is 212 Å². The highest BCUT2D eigenvalue weighted by molar-refractivity contribution is 7.52. The van der Waals surface area contributed by atoms with Crippen LogP contribution in [0.5, 0.6) is 0 Å². The molecule has 0 saturated heterocycles. The van der Waals surface area contributed by atoms with E-state index in [1.165, 1.54) is 0 Å². The molecule has 0 saturated carbocycles. The van der Waals surface area contributed by atoms with Crippen molar-refractivity contribution in [1.29, 1.82) is 0 Å². The van der Waals surface area contributed by atoms with Crippen molar-refractivity contribution in [3.63, 3.8) is 0 Å². The van der Waals surface area contributed by atoms with Gasteiger partial charge in [0.15, 0.2) is 0 Å². The third-order valence-corrected chi connectivity index (χ3v) is 28.8. The van der Waals surface area contributed by atoms with Crippen molar-refractivity contribution in [2.24, 2.45) is 0 Å². The van der Waals surface area contributed by atoms with Gasteiger partial charge in [-0.15, -0.1) is 0 Å². The Morgan fingerprint density at radius 2 is 0.284 bits per heavy atom. The average molecular weight is 1530 g/mol. The highest BCUT2D eigenvalue weighted by Gasteiger charge is 2.40. The van der Waals surface area contributed by atoms with E-state index in [9.17, 15) is 0 Å². The van der Waals surface area contributed by atoms with Gasteiger partial charge in [0.1, 0.15) is 0 Å². The maximum atomic E-state index is 15.2. The molecule has 0 aliphatic carbocycles. The second kappa shape index (κ2) is 41.9. The van der Waals surface area contributed by atoms with Gasteiger partial charge < -0.3 is 0 Å². The molecule has 564 valence electrons.